The standard InChI is InChI=1S/C11H17N3OS/c1-16-8-2-7-13-11(15)14-10-5-3-9(12)4-6-10/h3-6H,2,7-8,12H2,1H3,(H2,13,14,15). The Morgan fingerprint density at radius 1 is 1.38 bits per heavy atom. The lowest BCUT2D eigenvalue weighted by atomic mass is 10.3. The number of benzene rings is 1. The Balaban J connectivity index is 2.26. The molecule has 4 N–H and O–H groups in total. The SMILES string of the molecule is CSCCCNC(=O)Nc1ccc(N)cc1. The zero-order valence-electron chi connectivity index (χ0n) is 9.32. The maximum absolute atomic E-state index is 11.4. The number of thioether (sulfide) groups is 1. The summed E-state index contributed by atoms with van der Waals surface area (Å²) in [5.41, 5.74) is 6.97. The number of nitrogen functional groups attached to an aromatic ring is 1. The highest BCUT2D eigenvalue weighted by Crippen LogP contribution is 2.09. The van der Waals surface area contributed by atoms with Crippen LogP contribution in [-0.4, -0.2) is 24.6 Å². The van der Waals surface area contributed by atoms with E-state index in [4.69, 9.17) is 5.73 Å². The van der Waals surface area contributed by atoms with Gasteiger partial charge in [0.05, 0.1) is 0 Å². The van der Waals surface area contributed by atoms with E-state index in [0.717, 1.165) is 17.9 Å². The first-order valence-electron chi connectivity index (χ1n) is 5.11. The van der Waals surface area contributed by atoms with Gasteiger partial charge in [0.25, 0.3) is 0 Å². The van der Waals surface area contributed by atoms with Gasteiger partial charge in [-0.25, -0.2) is 4.79 Å². The Morgan fingerprint density at radius 2 is 2.06 bits per heavy atom. The number of nitrogens with two attached hydrogens (primary N) is 1. The van der Waals surface area contributed by atoms with Crippen LogP contribution in [0.25, 0.3) is 0 Å². The number of hydrogen-bond donors (Lipinski definition) is 3. The minimum absolute atomic E-state index is 0.175. The Kier molecular flexibility index (Phi) is 5.56. The van der Waals surface area contributed by atoms with Crippen molar-refractivity contribution in [3.05, 3.63) is 24.3 Å². The molecule has 0 heterocycles. The summed E-state index contributed by atoms with van der Waals surface area (Å²) in [7, 11) is 0. The third-order valence-electron chi connectivity index (χ3n) is 1.98. The maximum atomic E-state index is 11.4. The van der Waals surface area contributed by atoms with Crippen LogP contribution in [0.15, 0.2) is 24.3 Å². The molecule has 0 aliphatic heterocycles. The van der Waals surface area contributed by atoms with Crippen LogP contribution >= 0.6 is 11.8 Å². The molecule has 0 saturated heterocycles. The fourth-order valence-electron chi connectivity index (χ4n) is 1.16. The molecule has 0 saturated carbocycles. The molecule has 5 heteroatoms. The molecule has 0 aromatic heterocycles. The Morgan fingerprint density at radius 3 is 2.69 bits per heavy atom. The van der Waals surface area contributed by atoms with E-state index in [-0.39, 0.29) is 6.03 Å². The van der Waals surface area contributed by atoms with Gasteiger partial charge >= 0.3 is 6.03 Å². The Bertz CT molecular complexity index is 327. The molecule has 0 fully saturated rings. The number of anilines is 2. The minimum atomic E-state index is -0.175. The molecule has 0 spiro atoms. The molecule has 1 rings (SSSR count). The van der Waals surface area contributed by atoms with Gasteiger partial charge in [0.2, 0.25) is 0 Å². The van der Waals surface area contributed by atoms with Crippen molar-refractivity contribution in [1.29, 1.82) is 0 Å². The second-order valence-corrected chi connectivity index (χ2v) is 4.33. The predicted octanol–water partition coefficient (Wildman–Crippen LogP) is 2.14. The van der Waals surface area contributed by atoms with E-state index in [0.29, 0.717) is 12.2 Å². The summed E-state index contributed by atoms with van der Waals surface area (Å²) >= 11 is 1.77. The molecule has 0 aliphatic rings. The van der Waals surface area contributed by atoms with E-state index in [1.54, 1.807) is 36.0 Å². The molecular weight excluding hydrogens is 222 g/mol. The summed E-state index contributed by atoms with van der Waals surface area (Å²) in [4.78, 5) is 11.4. The number of hydrogen-bond acceptors (Lipinski definition) is 3. The topological polar surface area (TPSA) is 67.2 Å². The first-order chi connectivity index (χ1) is 7.72. The molecule has 0 aliphatic carbocycles. The molecule has 4 nitrogen and oxygen atoms in total. The van der Waals surface area contributed by atoms with E-state index >= 15 is 0 Å². The third-order valence-corrected chi connectivity index (χ3v) is 2.68. The van der Waals surface area contributed by atoms with E-state index in [1.807, 2.05) is 0 Å². The van der Waals surface area contributed by atoms with Gasteiger partial charge in [0, 0.05) is 17.9 Å². The number of rotatable bonds is 5. The van der Waals surface area contributed by atoms with Gasteiger partial charge < -0.3 is 16.4 Å². The van der Waals surface area contributed by atoms with E-state index in [2.05, 4.69) is 16.9 Å². The molecule has 16 heavy (non-hydrogen) atoms. The summed E-state index contributed by atoms with van der Waals surface area (Å²) in [5, 5.41) is 5.52. The Hall–Kier alpha value is -1.36. The van der Waals surface area contributed by atoms with Gasteiger partial charge in [0.1, 0.15) is 0 Å². The summed E-state index contributed by atoms with van der Waals surface area (Å²) in [6.45, 7) is 0.696. The first-order valence-corrected chi connectivity index (χ1v) is 6.51. The first kappa shape index (κ1) is 12.7. The van der Waals surface area contributed by atoms with Crippen molar-refractivity contribution in [3.8, 4) is 0 Å². The highest BCUT2D eigenvalue weighted by Gasteiger charge is 1.99. The molecule has 88 valence electrons. The van der Waals surface area contributed by atoms with Crippen LogP contribution in [0.3, 0.4) is 0 Å². The van der Waals surface area contributed by atoms with Gasteiger partial charge in [-0.15, -0.1) is 0 Å². The van der Waals surface area contributed by atoms with Gasteiger partial charge in [-0.1, -0.05) is 0 Å². The highest BCUT2D eigenvalue weighted by molar-refractivity contribution is 7.98. The molecule has 0 unspecified atom stereocenters. The Labute approximate surface area is 100.0 Å². The summed E-state index contributed by atoms with van der Waals surface area (Å²) in [6, 6.07) is 6.88. The highest BCUT2D eigenvalue weighted by atomic mass is 32.2. The van der Waals surface area contributed by atoms with Crippen LogP contribution in [-0.2, 0) is 0 Å². The van der Waals surface area contributed by atoms with E-state index in [1.165, 1.54) is 0 Å². The monoisotopic (exact) mass is 239 g/mol. The lowest BCUT2D eigenvalue weighted by molar-refractivity contribution is 0.252. The van der Waals surface area contributed by atoms with Gasteiger partial charge in [0.15, 0.2) is 0 Å². The zero-order valence-corrected chi connectivity index (χ0v) is 10.1. The van der Waals surface area contributed by atoms with Crippen molar-refractivity contribution >= 4 is 29.2 Å². The molecule has 0 bridgehead atoms. The van der Waals surface area contributed by atoms with Crippen LogP contribution in [0, 0.1) is 0 Å². The number of amides is 2. The van der Waals surface area contributed by atoms with Crippen LogP contribution in [0.4, 0.5) is 16.2 Å². The molecule has 0 atom stereocenters. The van der Waals surface area contributed by atoms with Crippen LogP contribution in [0.1, 0.15) is 6.42 Å². The number of urea groups is 1. The lowest BCUT2D eigenvalue weighted by Crippen LogP contribution is -2.29. The van der Waals surface area contributed by atoms with Crippen molar-refractivity contribution < 1.29 is 4.79 Å². The quantitative estimate of drug-likeness (QED) is 0.545. The van der Waals surface area contributed by atoms with Crippen molar-refractivity contribution in [3.63, 3.8) is 0 Å². The maximum Gasteiger partial charge on any atom is 0.319 e. The van der Waals surface area contributed by atoms with Gasteiger partial charge in [-0.05, 0) is 42.7 Å². The number of carbonyl (C=O) groups is 1. The van der Waals surface area contributed by atoms with Crippen LogP contribution < -0.4 is 16.4 Å². The normalized spacial score (nSPS) is 9.81. The van der Waals surface area contributed by atoms with Gasteiger partial charge in [-0.3, -0.25) is 0 Å². The van der Waals surface area contributed by atoms with E-state index < -0.39 is 0 Å². The zero-order chi connectivity index (χ0) is 11.8. The molecule has 0 radical (unpaired) electrons. The molecular formula is C11H17N3OS. The molecule has 2 amide bonds. The number of nitrogens with one attached hydrogen (secondary N) is 2. The fourth-order valence-corrected chi connectivity index (χ4v) is 1.59. The minimum Gasteiger partial charge on any atom is -0.399 e. The van der Waals surface area contributed by atoms with Crippen molar-refractivity contribution in [1.82, 2.24) is 5.32 Å². The smallest absolute Gasteiger partial charge is 0.319 e. The lowest BCUT2D eigenvalue weighted by Gasteiger charge is -2.07. The van der Waals surface area contributed by atoms with E-state index in [9.17, 15) is 4.79 Å². The van der Waals surface area contributed by atoms with Crippen molar-refractivity contribution in [2.24, 2.45) is 0 Å². The second-order valence-electron chi connectivity index (χ2n) is 3.35. The molecule has 1 aromatic rings. The largest absolute Gasteiger partial charge is 0.399 e. The average molecular weight is 239 g/mol. The van der Waals surface area contributed by atoms with Gasteiger partial charge in [-0.2, -0.15) is 11.8 Å². The second kappa shape index (κ2) is 7.00. The third kappa shape index (κ3) is 4.93. The van der Waals surface area contributed by atoms with Crippen molar-refractivity contribution in [2.45, 2.75) is 6.42 Å². The molecule has 1 aromatic carbocycles. The average Bonchev–Trinajstić information content (AvgIpc) is 2.28. The number of carbonyl (C=O) groups excluding carboxylic acids is 1. The summed E-state index contributed by atoms with van der Waals surface area (Å²) in [5.74, 6) is 1.06. The predicted molar refractivity (Wildman–Crippen MR) is 70.9 cm³/mol. The van der Waals surface area contributed by atoms with Crippen LogP contribution in [0.2, 0.25) is 0 Å². The van der Waals surface area contributed by atoms with Crippen LogP contribution in [0.5, 0.6) is 0 Å². The summed E-state index contributed by atoms with van der Waals surface area (Å²) in [6.07, 6.45) is 3.03. The van der Waals surface area contributed by atoms with Crippen molar-refractivity contribution in [2.75, 3.05) is 29.6 Å². The summed E-state index contributed by atoms with van der Waals surface area (Å²) < 4.78 is 0. The fraction of sp³-hybridized carbons (Fsp3) is 0.364.